The Bertz CT molecular complexity index is 337. The summed E-state index contributed by atoms with van der Waals surface area (Å²) in [6.07, 6.45) is 0. The molecule has 5 heteroatoms. The summed E-state index contributed by atoms with van der Waals surface area (Å²) in [6.45, 7) is 16.1. The monoisotopic (exact) mass is 271 g/mol. The van der Waals surface area contributed by atoms with E-state index in [-0.39, 0.29) is 5.04 Å². The molecule has 0 aliphatic carbocycles. The second kappa shape index (κ2) is 6.38. The summed E-state index contributed by atoms with van der Waals surface area (Å²) in [5.74, 6) is 0. The number of rotatable bonds is 5. The lowest BCUT2D eigenvalue weighted by Gasteiger charge is -2.35. The molecule has 18 heavy (non-hydrogen) atoms. The van der Waals surface area contributed by atoms with Crippen molar-refractivity contribution in [2.45, 2.75) is 52.8 Å². The maximum absolute atomic E-state index is 6.03. The average molecular weight is 271 g/mol. The number of aliphatic imine (C=N–C) groups is 1. The lowest BCUT2D eigenvalue weighted by atomic mass is 10.2. The predicted molar refractivity (Wildman–Crippen MR) is 82.2 cm³/mol. The molecule has 0 spiro atoms. The van der Waals surface area contributed by atoms with E-state index < -0.39 is 8.32 Å². The smallest absolute Gasteiger partial charge is 0.192 e. The van der Waals surface area contributed by atoms with Crippen LogP contribution in [0.25, 0.3) is 0 Å². The lowest BCUT2D eigenvalue weighted by Crippen LogP contribution is -2.41. The van der Waals surface area contributed by atoms with Gasteiger partial charge in [0, 0.05) is 5.70 Å². The Hall–Kier alpha value is -0.813. The molecule has 4 N–H and O–H groups in total. The fourth-order valence-electron chi connectivity index (χ4n) is 1.10. The van der Waals surface area contributed by atoms with Gasteiger partial charge in [0.05, 0.1) is 24.6 Å². The van der Waals surface area contributed by atoms with Crippen LogP contribution in [0.4, 0.5) is 0 Å². The van der Waals surface area contributed by atoms with Crippen molar-refractivity contribution in [1.82, 2.24) is 0 Å². The maximum Gasteiger partial charge on any atom is 0.192 e. The molecule has 0 aromatic rings. The van der Waals surface area contributed by atoms with Crippen molar-refractivity contribution < 1.29 is 4.43 Å². The molecule has 4 nitrogen and oxygen atoms in total. The van der Waals surface area contributed by atoms with Crippen LogP contribution in [-0.2, 0) is 4.43 Å². The van der Waals surface area contributed by atoms with E-state index in [2.05, 4.69) is 38.9 Å². The van der Waals surface area contributed by atoms with Gasteiger partial charge in [0.25, 0.3) is 0 Å². The number of hydrogen-bond donors (Lipinski definition) is 2. The van der Waals surface area contributed by atoms with Crippen molar-refractivity contribution >= 4 is 14.0 Å². The van der Waals surface area contributed by atoms with Crippen LogP contribution in [0.15, 0.2) is 16.4 Å². The Morgan fingerprint density at radius 2 is 1.67 bits per heavy atom. The second-order valence-electron chi connectivity index (χ2n) is 6.17. The molecule has 0 rings (SSSR count). The molecule has 0 atom stereocenters. The largest absolute Gasteiger partial charge is 0.415 e. The predicted octanol–water partition coefficient (Wildman–Crippen LogP) is 2.62. The number of nitrogens with zero attached hydrogens (tertiary/aromatic N) is 1. The summed E-state index contributed by atoms with van der Waals surface area (Å²) in [5, 5.41) is 0.235. The Morgan fingerprint density at radius 1 is 1.17 bits per heavy atom. The minimum absolute atomic E-state index is 0.235. The van der Waals surface area contributed by atoms with E-state index in [1.807, 2.05) is 6.92 Å². The molecular formula is C13H29N3OSi. The first-order valence-corrected chi connectivity index (χ1v) is 9.27. The summed E-state index contributed by atoms with van der Waals surface area (Å²) in [5.41, 5.74) is 13.4. The van der Waals surface area contributed by atoms with Crippen molar-refractivity contribution in [3.05, 3.63) is 11.4 Å². The summed E-state index contributed by atoms with van der Waals surface area (Å²) < 4.78 is 6.03. The molecule has 0 amide bonds. The molecule has 0 saturated heterocycles. The Balaban J connectivity index is 4.32. The van der Waals surface area contributed by atoms with Crippen molar-refractivity contribution in [2.24, 2.45) is 16.5 Å². The van der Waals surface area contributed by atoms with Crippen molar-refractivity contribution in [1.29, 1.82) is 0 Å². The van der Waals surface area contributed by atoms with Gasteiger partial charge in [-0.25, -0.2) is 0 Å². The van der Waals surface area contributed by atoms with Crippen LogP contribution < -0.4 is 11.5 Å². The molecule has 106 valence electrons. The van der Waals surface area contributed by atoms with Gasteiger partial charge in [0.15, 0.2) is 8.32 Å². The van der Waals surface area contributed by atoms with E-state index in [1.165, 1.54) is 0 Å². The highest BCUT2D eigenvalue weighted by molar-refractivity contribution is 6.74. The molecule has 0 saturated carbocycles. The second-order valence-corrected chi connectivity index (χ2v) is 11.0. The normalized spacial score (nSPS) is 15.6. The lowest BCUT2D eigenvalue weighted by molar-refractivity contribution is 0.298. The van der Waals surface area contributed by atoms with E-state index in [0.29, 0.717) is 24.5 Å². The van der Waals surface area contributed by atoms with Gasteiger partial charge in [-0.1, -0.05) is 20.8 Å². The first kappa shape index (κ1) is 17.2. The molecular weight excluding hydrogens is 242 g/mol. The third kappa shape index (κ3) is 5.22. The standard InChI is InChI=1S/C13H29N3OSi/c1-10(14)12(15)11(2)16-8-9-17-18(6,7)13(3,4)5/h8-9,14-15H2,1-7H3. The molecule has 0 aliphatic rings. The van der Waals surface area contributed by atoms with Gasteiger partial charge in [0.2, 0.25) is 0 Å². The number of allylic oxidation sites excluding steroid dienone is 2. The topological polar surface area (TPSA) is 73.6 Å². The van der Waals surface area contributed by atoms with E-state index >= 15 is 0 Å². The summed E-state index contributed by atoms with van der Waals surface area (Å²) in [4.78, 5) is 4.38. The Kier molecular flexibility index (Phi) is 6.09. The average Bonchev–Trinajstić information content (AvgIpc) is 2.21. The molecule has 0 aromatic carbocycles. The molecule has 0 heterocycles. The third-order valence-electron chi connectivity index (χ3n) is 3.52. The highest BCUT2D eigenvalue weighted by atomic mass is 28.4. The quantitative estimate of drug-likeness (QED) is 0.458. The van der Waals surface area contributed by atoms with Gasteiger partial charge < -0.3 is 15.9 Å². The van der Waals surface area contributed by atoms with Gasteiger partial charge in [0.1, 0.15) is 0 Å². The minimum Gasteiger partial charge on any atom is -0.415 e. The number of hydrogen-bond acceptors (Lipinski definition) is 4. The first-order chi connectivity index (χ1) is 7.99. The van der Waals surface area contributed by atoms with Gasteiger partial charge in [-0.05, 0) is 32.0 Å². The van der Waals surface area contributed by atoms with Gasteiger partial charge >= 0.3 is 0 Å². The molecule has 0 radical (unpaired) electrons. The molecule has 0 aromatic heterocycles. The van der Waals surface area contributed by atoms with E-state index in [9.17, 15) is 0 Å². The maximum atomic E-state index is 6.03. The van der Waals surface area contributed by atoms with Gasteiger partial charge in [-0.2, -0.15) is 0 Å². The van der Waals surface area contributed by atoms with Crippen LogP contribution in [0, 0.1) is 0 Å². The zero-order chi connectivity index (χ0) is 14.6. The summed E-state index contributed by atoms with van der Waals surface area (Å²) in [7, 11) is -1.66. The van der Waals surface area contributed by atoms with Crippen LogP contribution in [0.5, 0.6) is 0 Å². The third-order valence-corrected chi connectivity index (χ3v) is 8.06. The van der Waals surface area contributed by atoms with Crippen LogP contribution >= 0.6 is 0 Å². The highest BCUT2D eigenvalue weighted by Crippen LogP contribution is 2.36. The molecule has 0 unspecified atom stereocenters. The summed E-state index contributed by atoms with van der Waals surface area (Å²) in [6, 6.07) is 0. The van der Waals surface area contributed by atoms with Crippen LogP contribution in [-0.4, -0.2) is 27.2 Å². The van der Waals surface area contributed by atoms with Crippen LogP contribution in [0.1, 0.15) is 34.6 Å². The zero-order valence-electron chi connectivity index (χ0n) is 12.9. The fraction of sp³-hybridized carbons (Fsp3) is 0.769. The summed E-state index contributed by atoms with van der Waals surface area (Å²) >= 11 is 0. The number of nitrogens with two attached hydrogens (primary N) is 2. The van der Waals surface area contributed by atoms with Gasteiger partial charge in [-0.3, -0.25) is 4.99 Å². The molecule has 0 fully saturated rings. The van der Waals surface area contributed by atoms with Crippen LogP contribution in [0.3, 0.4) is 0 Å². The highest BCUT2D eigenvalue weighted by Gasteiger charge is 2.36. The van der Waals surface area contributed by atoms with Crippen molar-refractivity contribution in [3.63, 3.8) is 0 Å². The molecule has 0 bridgehead atoms. The van der Waals surface area contributed by atoms with Gasteiger partial charge in [-0.15, -0.1) is 0 Å². The van der Waals surface area contributed by atoms with E-state index in [4.69, 9.17) is 15.9 Å². The van der Waals surface area contributed by atoms with Crippen molar-refractivity contribution in [3.8, 4) is 0 Å². The van der Waals surface area contributed by atoms with Crippen molar-refractivity contribution in [2.75, 3.05) is 13.2 Å². The first-order valence-electron chi connectivity index (χ1n) is 6.36. The SMILES string of the molecule is CC(=NCCO[Si](C)(C)C(C)(C)C)C(N)=C(C)N. The van der Waals surface area contributed by atoms with Crippen LogP contribution in [0.2, 0.25) is 18.1 Å². The Labute approximate surface area is 113 Å². The Morgan fingerprint density at radius 3 is 2.06 bits per heavy atom. The zero-order valence-corrected chi connectivity index (χ0v) is 13.9. The van der Waals surface area contributed by atoms with E-state index in [0.717, 1.165) is 5.71 Å². The molecule has 0 aliphatic heterocycles. The fourth-order valence-corrected chi connectivity index (χ4v) is 2.14. The minimum atomic E-state index is -1.66. The van der Waals surface area contributed by atoms with E-state index in [1.54, 1.807) is 6.92 Å².